The van der Waals surface area contributed by atoms with E-state index in [1.165, 1.54) is 18.2 Å². The lowest BCUT2D eigenvalue weighted by molar-refractivity contribution is 0.602. The highest BCUT2D eigenvalue weighted by Gasteiger charge is 2.15. The fourth-order valence-electron chi connectivity index (χ4n) is 1.48. The number of hydrogen-bond acceptors (Lipinski definition) is 5. The zero-order valence-corrected chi connectivity index (χ0v) is 12.8. The SMILES string of the molecule is CS(=O)(=O)Nc1cccc(NS(=O)(=O)c2cccs2)c1. The van der Waals surface area contributed by atoms with Gasteiger partial charge in [0.1, 0.15) is 4.21 Å². The van der Waals surface area contributed by atoms with Crippen LogP contribution in [0.2, 0.25) is 0 Å². The van der Waals surface area contributed by atoms with Gasteiger partial charge in [0.05, 0.1) is 17.6 Å². The van der Waals surface area contributed by atoms with E-state index in [0.717, 1.165) is 17.6 Å². The van der Waals surface area contributed by atoms with Crippen molar-refractivity contribution in [1.82, 2.24) is 0 Å². The van der Waals surface area contributed by atoms with E-state index < -0.39 is 20.0 Å². The maximum absolute atomic E-state index is 12.0. The smallest absolute Gasteiger partial charge is 0.271 e. The molecule has 2 N–H and O–H groups in total. The van der Waals surface area contributed by atoms with Crippen LogP contribution in [0.4, 0.5) is 11.4 Å². The molecule has 0 bridgehead atoms. The van der Waals surface area contributed by atoms with Crippen LogP contribution in [0.3, 0.4) is 0 Å². The second kappa shape index (κ2) is 5.43. The predicted octanol–water partition coefficient (Wildman–Crippen LogP) is 1.92. The normalized spacial score (nSPS) is 12.1. The molecule has 0 saturated carbocycles. The Labute approximate surface area is 121 Å². The first-order valence-electron chi connectivity index (χ1n) is 5.40. The third-order valence-corrected chi connectivity index (χ3v) is 5.56. The highest BCUT2D eigenvalue weighted by molar-refractivity contribution is 7.94. The average Bonchev–Trinajstić information content (AvgIpc) is 2.80. The molecule has 0 radical (unpaired) electrons. The molecule has 0 unspecified atom stereocenters. The minimum Gasteiger partial charge on any atom is -0.284 e. The van der Waals surface area contributed by atoms with Gasteiger partial charge in [-0.15, -0.1) is 11.3 Å². The molecule has 0 spiro atoms. The molecular weight excluding hydrogens is 320 g/mol. The molecule has 9 heteroatoms. The van der Waals surface area contributed by atoms with Crippen LogP contribution in [-0.4, -0.2) is 23.1 Å². The average molecular weight is 332 g/mol. The molecule has 1 heterocycles. The van der Waals surface area contributed by atoms with Gasteiger partial charge in [-0.25, -0.2) is 16.8 Å². The van der Waals surface area contributed by atoms with E-state index in [4.69, 9.17) is 0 Å². The summed E-state index contributed by atoms with van der Waals surface area (Å²) in [7, 11) is -7.05. The monoisotopic (exact) mass is 332 g/mol. The quantitative estimate of drug-likeness (QED) is 0.875. The Hall–Kier alpha value is -1.58. The molecule has 2 aromatic rings. The molecule has 0 atom stereocenters. The summed E-state index contributed by atoms with van der Waals surface area (Å²) in [5.74, 6) is 0. The molecule has 108 valence electrons. The largest absolute Gasteiger partial charge is 0.284 e. The van der Waals surface area contributed by atoms with Crippen molar-refractivity contribution in [2.24, 2.45) is 0 Å². The van der Waals surface area contributed by atoms with E-state index in [-0.39, 0.29) is 9.90 Å². The Kier molecular flexibility index (Phi) is 4.02. The molecule has 1 aromatic carbocycles. The number of thiophene rings is 1. The molecule has 0 amide bonds. The minimum absolute atomic E-state index is 0.193. The number of benzene rings is 1. The van der Waals surface area contributed by atoms with Gasteiger partial charge in [0.15, 0.2) is 0 Å². The van der Waals surface area contributed by atoms with Crippen LogP contribution in [0.25, 0.3) is 0 Å². The Bertz CT molecular complexity index is 796. The zero-order valence-electron chi connectivity index (χ0n) is 10.4. The third kappa shape index (κ3) is 3.95. The van der Waals surface area contributed by atoms with Crippen molar-refractivity contribution in [1.29, 1.82) is 0 Å². The van der Waals surface area contributed by atoms with E-state index in [2.05, 4.69) is 9.44 Å². The van der Waals surface area contributed by atoms with Crippen LogP contribution >= 0.6 is 11.3 Å². The summed E-state index contributed by atoms with van der Waals surface area (Å²) >= 11 is 1.10. The van der Waals surface area contributed by atoms with Crippen LogP contribution in [0.1, 0.15) is 0 Å². The molecule has 0 saturated heterocycles. The summed E-state index contributed by atoms with van der Waals surface area (Å²) in [6.45, 7) is 0. The van der Waals surface area contributed by atoms with Gasteiger partial charge in [-0.05, 0) is 29.6 Å². The lowest BCUT2D eigenvalue weighted by Gasteiger charge is -2.09. The Morgan fingerprint density at radius 1 is 0.950 bits per heavy atom. The lowest BCUT2D eigenvalue weighted by atomic mass is 10.3. The molecule has 20 heavy (non-hydrogen) atoms. The van der Waals surface area contributed by atoms with Crippen molar-refractivity contribution >= 4 is 42.8 Å². The Balaban J connectivity index is 2.25. The van der Waals surface area contributed by atoms with E-state index in [1.54, 1.807) is 23.6 Å². The highest BCUT2D eigenvalue weighted by atomic mass is 32.2. The Morgan fingerprint density at radius 2 is 1.60 bits per heavy atom. The van der Waals surface area contributed by atoms with Crippen LogP contribution in [-0.2, 0) is 20.0 Å². The number of hydrogen-bond donors (Lipinski definition) is 2. The van der Waals surface area contributed by atoms with Crippen LogP contribution in [0.5, 0.6) is 0 Å². The summed E-state index contributed by atoms with van der Waals surface area (Å²) in [4.78, 5) is 0. The van der Waals surface area contributed by atoms with E-state index >= 15 is 0 Å². The van der Waals surface area contributed by atoms with Crippen LogP contribution in [0.15, 0.2) is 46.0 Å². The van der Waals surface area contributed by atoms with Gasteiger partial charge in [-0.3, -0.25) is 9.44 Å². The van der Waals surface area contributed by atoms with Gasteiger partial charge in [-0.2, -0.15) is 0 Å². The van der Waals surface area contributed by atoms with Crippen molar-refractivity contribution < 1.29 is 16.8 Å². The number of anilines is 2. The standard InChI is InChI=1S/C11H12N2O4S3/c1-19(14,15)12-9-4-2-5-10(8-9)13-20(16,17)11-6-3-7-18-11/h2-8,12-13H,1H3. The molecule has 1 aromatic heterocycles. The maximum atomic E-state index is 12.0. The maximum Gasteiger partial charge on any atom is 0.271 e. The number of sulfonamides is 2. The van der Waals surface area contributed by atoms with Gasteiger partial charge in [0, 0.05) is 0 Å². The highest BCUT2D eigenvalue weighted by Crippen LogP contribution is 2.22. The van der Waals surface area contributed by atoms with E-state index in [0.29, 0.717) is 5.69 Å². The van der Waals surface area contributed by atoms with Gasteiger partial charge in [-0.1, -0.05) is 12.1 Å². The molecule has 0 aliphatic rings. The first-order valence-corrected chi connectivity index (χ1v) is 9.66. The van der Waals surface area contributed by atoms with Crippen molar-refractivity contribution in [2.75, 3.05) is 15.7 Å². The van der Waals surface area contributed by atoms with Crippen molar-refractivity contribution in [3.05, 3.63) is 41.8 Å². The summed E-state index contributed by atoms with van der Waals surface area (Å²) in [6, 6.07) is 9.17. The van der Waals surface area contributed by atoms with Gasteiger partial charge in [0.25, 0.3) is 10.0 Å². The predicted molar refractivity (Wildman–Crippen MR) is 80.0 cm³/mol. The summed E-state index contributed by atoms with van der Waals surface area (Å²) in [5.41, 5.74) is 0.575. The zero-order chi connectivity index (χ0) is 14.8. The van der Waals surface area contributed by atoms with Crippen LogP contribution in [0, 0.1) is 0 Å². The molecule has 0 fully saturated rings. The summed E-state index contributed by atoms with van der Waals surface area (Å²) in [5, 5.41) is 1.66. The fraction of sp³-hybridized carbons (Fsp3) is 0.0909. The second-order valence-electron chi connectivity index (χ2n) is 3.99. The van der Waals surface area contributed by atoms with E-state index in [9.17, 15) is 16.8 Å². The number of nitrogens with one attached hydrogen (secondary N) is 2. The number of rotatable bonds is 5. The molecular formula is C11H12N2O4S3. The topological polar surface area (TPSA) is 92.3 Å². The first kappa shape index (κ1) is 14.8. The van der Waals surface area contributed by atoms with Crippen molar-refractivity contribution in [3.8, 4) is 0 Å². The molecule has 2 rings (SSSR count). The molecule has 0 aliphatic carbocycles. The van der Waals surface area contributed by atoms with Gasteiger partial charge >= 0.3 is 0 Å². The van der Waals surface area contributed by atoms with Crippen molar-refractivity contribution in [3.63, 3.8) is 0 Å². The second-order valence-corrected chi connectivity index (χ2v) is 8.60. The molecule has 0 aliphatic heterocycles. The van der Waals surface area contributed by atoms with Crippen molar-refractivity contribution in [2.45, 2.75) is 4.21 Å². The Morgan fingerprint density at radius 3 is 2.15 bits per heavy atom. The fourth-order valence-corrected chi connectivity index (χ4v) is 4.08. The minimum atomic E-state index is -3.64. The summed E-state index contributed by atoms with van der Waals surface area (Å²) in [6.07, 6.45) is 1.02. The lowest BCUT2D eigenvalue weighted by Crippen LogP contribution is -2.12. The first-order chi connectivity index (χ1) is 9.26. The van der Waals surface area contributed by atoms with Gasteiger partial charge < -0.3 is 0 Å². The summed E-state index contributed by atoms with van der Waals surface area (Å²) < 4.78 is 51.2. The van der Waals surface area contributed by atoms with E-state index in [1.807, 2.05) is 0 Å². The van der Waals surface area contributed by atoms with Gasteiger partial charge in [0.2, 0.25) is 10.0 Å². The third-order valence-electron chi connectivity index (χ3n) is 2.18. The molecule has 6 nitrogen and oxygen atoms in total. The van der Waals surface area contributed by atoms with Crippen LogP contribution < -0.4 is 9.44 Å².